The van der Waals surface area contributed by atoms with Gasteiger partial charge in [-0.25, -0.2) is 0 Å². The van der Waals surface area contributed by atoms with Gasteiger partial charge < -0.3 is 24.8 Å². The van der Waals surface area contributed by atoms with Crippen molar-refractivity contribution in [2.75, 3.05) is 0 Å². The summed E-state index contributed by atoms with van der Waals surface area (Å²) in [6.45, 7) is 0. The predicted molar refractivity (Wildman–Crippen MR) is 115 cm³/mol. The normalized spacial score (nSPS) is 17.4. The Morgan fingerprint density at radius 2 is 0.968 bits per heavy atom. The predicted octanol–water partition coefficient (Wildman–Crippen LogP) is 0.195. The zero-order chi connectivity index (χ0) is 19.2. The fourth-order valence-electron chi connectivity index (χ4n) is 4.56. The molecule has 4 aromatic rings. The van der Waals surface area contributed by atoms with E-state index in [2.05, 4.69) is 119 Å². The van der Waals surface area contributed by atoms with E-state index in [4.69, 9.17) is 0 Å². The number of allylic oxidation sites excluding steroid dienone is 2. The van der Waals surface area contributed by atoms with Gasteiger partial charge in [0.2, 0.25) is 0 Å². The molecule has 0 fully saturated rings. The van der Waals surface area contributed by atoms with Crippen molar-refractivity contribution in [1.82, 2.24) is 9.13 Å². The summed E-state index contributed by atoms with van der Waals surface area (Å²) in [4.78, 5) is 0. The molecular weight excluding hydrogens is 502 g/mol. The first kappa shape index (κ1) is 22.1. The summed E-state index contributed by atoms with van der Waals surface area (Å²) in [6, 6.07) is 21.9. The molecule has 2 aliphatic rings. The van der Waals surface area contributed by atoms with Crippen LogP contribution >= 0.6 is 0 Å². The van der Waals surface area contributed by atoms with E-state index in [1.54, 1.807) is 0 Å². The maximum atomic E-state index is 2.46. The molecule has 2 nitrogen and oxygen atoms in total. The molecule has 0 N–H and O–H groups in total. The Balaban J connectivity index is 0.00000116. The minimum absolute atomic E-state index is 0. The Hall–Kier alpha value is -2.06. The number of halogens is 2. The molecule has 2 heterocycles. The van der Waals surface area contributed by atoms with Crippen LogP contribution in [-0.4, -0.2) is 9.13 Å². The van der Waals surface area contributed by atoms with E-state index in [9.17, 15) is 0 Å². The van der Waals surface area contributed by atoms with Gasteiger partial charge >= 0.3 is 183 Å². The van der Waals surface area contributed by atoms with Crippen molar-refractivity contribution in [3.8, 4) is 11.4 Å². The molecule has 2 aliphatic carbocycles. The molecule has 0 saturated carbocycles. The SMILES string of the molecule is C1=C[CH]([Zr+2][CH]2C=Cc3c2cccc3-n2cccc2)c2cccc(-n3cccc3)c21.[Cl-].[Cl-]. The monoisotopic (exact) mass is 520 g/mol. The van der Waals surface area contributed by atoms with Crippen molar-refractivity contribution in [2.45, 2.75) is 7.25 Å². The Morgan fingerprint density at radius 1 is 0.548 bits per heavy atom. The van der Waals surface area contributed by atoms with Crippen LogP contribution in [0.2, 0.25) is 0 Å². The van der Waals surface area contributed by atoms with Gasteiger partial charge in [0.05, 0.1) is 0 Å². The van der Waals surface area contributed by atoms with Crippen molar-refractivity contribution < 1.29 is 48.0 Å². The van der Waals surface area contributed by atoms with Crippen LogP contribution in [0.15, 0.2) is 97.6 Å². The molecule has 5 heteroatoms. The van der Waals surface area contributed by atoms with Gasteiger partial charge in [0.25, 0.3) is 0 Å². The second-order valence-corrected chi connectivity index (χ2v) is 11.5. The molecule has 2 aromatic heterocycles. The second kappa shape index (κ2) is 9.21. The zero-order valence-electron chi connectivity index (χ0n) is 16.7. The van der Waals surface area contributed by atoms with Gasteiger partial charge in [-0.3, -0.25) is 0 Å². The molecule has 0 aliphatic heterocycles. The van der Waals surface area contributed by atoms with Gasteiger partial charge in [-0.2, -0.15) is 0 Å². The smallest absolute Gasteiger partial charge is 1.00 e. The van der Waals surface area contributed by atoms with Gasteiger partial charge in [-0.15, -0.1) is 0 Å². The molecule has 0 saturated heterocycles. The van der Waals surface area contributed by atoms with E-state index in [1.807, 2.05) is 0 Å². The van der Waals surface area contributed by atoms with Crippen LogP contribution in [0.25, 0.3) is 23.5 Å². The first-order valence-electron chi connectivity index (χ1n) is 10.0. The summed E-state index contributed by atoms with van der Waals surface area (Å²) >= 11 is -0.751. The fourth-order valence-corrected chi connectivity index (χ4v) is 8.65. The third-order valence-corrected chi connectivity index (χ3v) is 10.2. The molecule has 31 heavy (non-hydrogen) atoms. The first-order valence-corrected chi connectivity index (χ1v) is 12.9. The van der Waals surface area contributed by atoms with Gasteiger partial charge in [0.1, 0.15) is 0 Å². The average Bonchev–Trinajstić information content (AvgIpc) is 3.55. The number of nitrogens with zero attached hydrogens (tertiary/aromatic N) is 2. The van der Waals surface area contributed by atoms with Gasteiger partial charge in [0, 0.05) is 0 Å². The quantitative estimate of drug-likeness (QED) is 0.363. The molecule has 0 amide bonds. The molecule has 2 atom stereocenters. The maximum Gasteiger partial charge on any atom is -1.00 e. The van der Waals surface area contributed by atoms with Gasteiger partial charge in [-0.05, 0) is 0 Å². The number of fused-ring (bicyclic) bond motifs is 2. The van der Waals surface area contributed by atoms with E-state index >= 15 is 0 Å². The molecule has 0 spiro atoms. The molecule has 152 valence electrons. The Morgan fingerprint density at radius 3 is 1.39 bits per heavy atom. The fraction of sp³-hybridized carbons (Fsp3) is 0.0769. The van der Waals surface area contributed by atoms with Gasteiger partial charge in [0.15, 0.2) is 0 Å². The van der Waals surface area contributed by atoms with E-state index in [1.165, 1.54) is 33.6 Å². The van der Waals surface area contributed by atoms with Crippen LogP contribution in [0.5, 0.6) is 0 Å². The summed E-state index contributed by atoms with van der Waals surface area (Å²) in [5, 5.41) is 0. The average molecular weight is 523 g/mol. The third-order valence-electron chi connectivity index (χ3n) is 5.94. The summed E-state index contributed by atoms with van der Waals surface area (Å²) in [5.41, 5.74) is 8.43. The van der Waals surface area contributed by atoms with E-state index in [0.29, 0.717) is 7.25 Å². The van der Waals surface area contributed by atoms with Gasteiger partial charge in [-0.1, -0.05) is 0 Å². The number of rotatable bonds is 4. The summed E-state index contributed by atoms with van der Waals surface area (Å²) in [7, 11) is 0. The van der Waals surface area contributed by atoms with Crippen LogP contribution in [0, 0.1) is 0 Å². The molecule has 2 aromatic carbocycles. The topological polar surface area (TPSA) is 9.86 Å². The first-order chi connectivity index (χ1) is 14.4. The Labute approximate surface area is 206 Å². The summed E-state index contributed by atoms with van der Waals surface area (Å²) in [5.74, 6) is 0. The van der Waals surface area contributed by atoms with Crippen LogP contribution in [0.3, 0.4) is 0 Å². The van der Waals surface area contributed by atoms with E-state index in [0.717, 1.165) is 0 Å². The number of benzene rings is 2. The van der Waals surface area contributed by atoms with E-state index in [-0.39, 0.29) is 24.8 Å². The van der Waals surface area contributed by atoms with Crippen LogP contribution in [0.1, 0.15) is 29.5 Å². The molecule has 2 unspecified atom stereocenters. The minimum Gasteiger partial charge on any atom is -1.00 e. The Kier molecular flexibility index (Phi) is 6.58. The van der Waals surface area contributed by atoms with Crippen molar-refractivity contribution >= 4 is 12.2 Å². The standard InChI is InChI=1S/2C13H10N.2ClH.Zr/c2*1-2-10-14(9-1)13-8-4-6-11-5-3-7-12(11)13;;;/h2*1-10H;2*1H;/q;;;;+2/p-2. The number of hydrogen-bond acceptors (Lipinski definition) is 0. The summed E-state index contributed by atoms with van der Waals surface area (Å²) < 4.78 is 5.70. The van der Waals surface area contributed by atoms with Crippen molar-refractivity contribution in [3.63, 3.8) is 0 Å². The zero-order valence-corrected chi connectivity index (χ0v) is 20.7. The molecule has 0 radical (unpaired) electrons. The van der Waals surface area contributed by atoms with Crippen molar-refractivity contribution in [3.05, 3.63) is 120 Å². The number of aromatic nitrogens is 2. The molecule has 6 rings (SSSR count). The van der Waals surface area contributed by atoms with Crippen LogP contribution < -0.4 is 24.8 Å². The van der Waals surface area contributed by atoms with Crippen LogP contribution in [0.4, 0.5) is 0 Å². The van der Waals surface area contributed by atoms with Crippen molar-refractivity contribution in [1.29, 1.82) is 0 Å². The largest absolute Gasteiger partial charge is 1.00 e. The maximum absolute atomic E-state index is 2.46. The van der Waals surface area contributed by atoms with Crippen LogP contribution in [-0.2, 0) is 23.2 Å². The third kappa shape index (κ3) is 3.84. The van der Waals surface area contributed by atoms with E-state index < -0.39 is 23.2 Å². The summed E-state index contributed by atoms with van der Waals surface area (Å²) in [6.07, 6.45) is 18.2. The van der Waals surface area contributed by atoms with Crippen molar-refractivity contribution in [2.24, 2.45) is 0 Å². The minimum atomic E-state index is -0.751. The molecular formula is C26H20Cl2N2Zr. The second-order valence-electron chi connectivity index (χ2n) is 7.58. The number of hydrogen-bond donors (Lipinski definition) is 0. The molecule has 0 bridgehead atoms. The Bertz CT molecular complexity index is 1140.